The first-order valence-electron chi connectivity index (χ1n) is 5.99. The van der Waals surface area contributed by atoms with Gasteiger partial charge in [0.25, 0.3) is 0 Å². The lowest BCUT2D eigenvalue weighted by Gasteiger charge is -2.36. The van der Waals surface area contributed by atoms with Gasteiger partial charge >= 0.3 is 0 Å². The zero-order valence-corrected chi connectivity index (χ0v) is 12.3. The first-order chi connectivity index (χ1) is 7.97. The summed E-state index contributed by atoms with van der Waals surface area (Å²) < 4.78 is 8.33. The van der Waals surface area contributed by atoms with Crippen LogP contribution in [0.5, 0.6) is 0 Å². The van der Waals surface area contributed by atoms with E-state index in [0.717, 1.165) is 19.0 Å². The van der Waals surface area contributed by atoms with E-state index in [1.807, 2.05) is 4.68 Å². The molecule has 5 nitrogen and oxygen atoms in total. The van der Waals surface area contributed by atoms with Crippen molar-refractivity contribution in [3.63, 3.8) is 0 Å². The quantitative estimate of drug-likeness (QED) is 0.840. The molecule has 1 aromatic heterocycles. The minimum Gasteiger partial charge on any atom is -0.372 e. The Bertz CT molecular complexity index is 383. The van der Waals surface area contributed by atoms with E-state index in [-0.39, 0.29) is 12.2 Å². The minimum atomic E-state index is 0.231. The molecule has 17 heavy (non-hydrogen) atoms. The molecule has 1 aliphatic rings. The Balaban J connectivity index is 2.26. The molecule has 2 heterocycles. The predicted octanol–water partition coefficient (Wildman–Crippen LogP) is 2.24. The van der Waals surface area contributed by atoms with Crippen molar-refractivity contribution >= 4 is 21.9 Å². The lowest BCUT2D eigenvalue weighted by molar-refractivity contribution is -0.00601. The molecule has 96 valence electrons. The molecule has 0 amide bonds. The molecule has 0 spiro atoms. The van der Waals surface area contributed by atoms with Gasteiger partial charge in [-0.05, 0) is 43.6 Å². The lowest BCUT2D eigenvalue weighted by Crippen LogP contribution is -2.46. The molecule has 1 aliphatic heterocycles. The second-order valence-electron chi connectivity index (χ2n) is 4.88. The van der Waals surface area contributed by atoms with E-state index in [1.54, 1.807) is 0 Å². The third kappa shape index (κ3) is 2.80. The summed E-state index contributed by atoms with van der Waals surface area (Å²) in [5.74, 6) is 0.925. The number of aromatic nitrogens is 3. The molecule has 2 atom stereocenters. The molecule has 0 aliphatic carbocycles. The first kappa shape index (κ1) is 12.8. The van der Waals surface area contributed by atoms with Crippen molar-refractivity contribution in [3.05, 3.63) is 4.73 Å². The largest absolute Gasteiger partial charge is 0.372 e. The molecule has 2 rings (SSSR count). The van der Waals surface area contributed by atoms with Gasteiger partial charge in [-0.25, -0.2) is 4.68 Å². The van der Waals surface area contributed by atoms with Crippen molar-refractivity contribution in [3.8, 4) is 0 Å². The van der Waals surface area contributed by atoms with Crippen LogP contribution in [0.15, 0.2) is 4.73 Å². The fourth-order valence-corrected chi connectivity index (χ4v) is 2.52. The highest BCUT2D eigenvalue weighted by Gasteiger charge is 2.26. The van der Waals surface area contributed by atoms with Gasteiger partial charge in [-0.15, -0.1) is 5.10 Å². The van der Waals surface area contributed by atoms with E-state index in [2.05, 4.69) is 58.6 Å². The summed E-state index contributed by atoms with van der Waals surface area (Å²) in [4.78, 5) is 6.71. The van der Waals surface area contributed by atoms with Gasteiger partial charge in [0.1, 0.15) is 0 Å². The monoisotopic (exact) mass is 302 g/mol. The maximum absolute atomic E-state index is 5.73. The highest BCUT2D eigenvalue weighted by molar-refractivity contribution is 9.10. The predicted molar refractivity (Wildman–Crippen MR) is 70.3 cm³/mol. The number of halogens is 1. The highest BCUT2D eigenvalue weighted by Crippen LogP contribution is 2.23. The highest BCUT2D eigenvalue weighted by atomic mass is 79.9. The zero-order chi connectivity index (χ0) is 12.6. The molecule has 1 fully saturated rings. The summed E-state index contributed by atoms with van der Waals surface area (Å²) in [6.45, 7) is 10.1. The van der Waals surface area contributed by atoms with Crippen LogP contribution >= 0.6 is 15.9 Å². The molecule has 2 unspecified atom stereocenters. The third-order valence-electron chi connectivity index (χ3n) is 2.78. The van der Waals surface area contributed by atoms with Crippen LogP contribution in [0, 0.1) is 0 Å². The van der Waals surface area contributed by atoms with Crippen molar-refractivity contribution in [2.45, 2.75) is 45.9 Å². The van der Waals surface area contributed by atoms with E-state index >= 15 is 0 Å². The fraction of sp³-hybridized carbons (Fsp3) is 0.818. The van der Waals surface area contributed by atoms with Crippen LogP contribution in [-0.4, -0.2) is 40.1 Å². The number of hydrogen-bond donors (Lipinski definition) is 0. The van der Waals surface area contributed by atoms with Gasteiger partial charge in [-0.2, -0.15) is 4.98 Å². The van der Waals surface area contributed by atoms with E-state index in [4.69, 9.17) is 4.74 Å². The summed E-state index contributed by atoms with van der Waals surface area (Å²) >= 11 is 3.35. The average molecular weight is 303 g/mol. The summed E-state index contributed by atoms with van der Waals surface area (Å²) in [7, 11) is 0. The van der Waals surface area contributed by atoms with Gasteiger partial charge in [0.15, 0.2) is 0 Å². The van der Waals surface area contributed by atoms with Crippen molar-refractivity contribution in [2.24, 2.45) is 0 Å². The Kier molecular flexibility index (Phi) is 3.73. The van der Waals surface area contributed by atoms with E-state index in [0.29, 0.717) is 10.8 Å². The Hall–Kier alpha value is -0.620. The van der Waals surface area contributed by atoms with Crippen molar-refractivity contribution < 1.29 is 4.74 Å². The molecular weight excluding hydrogens is 284 g/mol. The van der Waals surface area contributed by atoms with E-state index in [1.165, 1.54) is 0 Å². The molecule has 1 aromatic rings. The van der Waals surface area contributed by atoms with Crippen molar-refractivity contribution in [2.75, 3.05) is 18.0 Å². The third-order valence-corrected chi connectivity index (χ3v) is 3.11. The van der Waals surface area contributed by atoms with Crippen LogP contribution in [-0.2, 0) is 4.74 Å². The Morgan fingerprint density at radius 1 is 1.29 bits per heavy atom. The summed E-state index contributed by atoms with van der Waals surface area (Å²) in [6, 6.07) is 0.303. The van der Waals surface area contributed by atoms with Gasteiger partial charge in [0.2, 0.25) is 10.7 Å². The molecule has 0 aromatic carbocycles. The Labute approximate surface area is 110 Å². The molecule has 0 N–H and O–H groups in total. The standard InChI is InChI=1S/C11H19BrN4O/c1-7(2)16-11(13-10(12)14-16)15-5-8(3)17-9(4)6-15/h7-9H,5-6H2,1-4H3. The van der Waals surface area contributed by atoms with Crippen LogP contribution in [0.2, 0.25) is 0 Å². The van der Waals surface area contributed by atoms with Crippen LogP contribution in [0.1, 0.15) is 33.7 Å². The van der Waals surface area contributed by atoms with Gasteiger partial charge in [0, 0.05) is 13.1 Å². The van der Waals surface area contributed by atoms with E-state index < -0.39 is 0 Å². The first-order valence-corrected chi connectivity index (χ1v) is 6.79. The number of rotatable bonds is 2. The van der Waals surface area contributed by atoms with Gasteiger partial charge in [0.05, 0.1) is 18.2 Å². The lowest BCUT2D eigenvalue weighted by atomic mass is 10.2. The summed E-state index contributed by atoms with van der Waals surface area (Å²) in [5.41, 5.74) is 0. The zero-order valence-electron chi connectivity index (χ0n) is 10.7. The normalized spacial score (nSPS) is 25.6. The number of ether oxygens (including phenoxy) is 1. The van der Waals surface area contributed by atoms with Gasteiger partial charge < -0.3 is 9.64 Å². The van der Waals surface area contributed by atoms with Crippen molar-refractivity contribution in [1.29, 1.82) is 0 Å². The SMILES string of the molecule is CC1CN(c2nc(Br)nn2C(C)C)CC(C)O1. The van der Waals surface area contributed by atoms with E-state index in [9.17, 15) is 0 Å². The molecule has 1 saturated heterocycles. The molecule has 0 radical (unpaired) electrons. The molecule has 0 bridgehead atoms. The molecule has 0 saturated carbocycles. The molecular formula is C11H19BrN4O. The summed E-state index contributed by atoms with van der Waals surface area (Å²) in [6.07, 6.45) is 0.463. The number of hydrogen-bond acceptors (Lipinski definition) is 4. The molecule has 6 heteroatoms. The minimum absolute atomic E-state index is 0.231. The Morgan fingerprint density at radius 3 is 2.41 bits per heavy atom. The van der Waals surface area contributed by atoms with Crippen LogP contribution < -0.4 is 4.90 Å². The van der Waals surface area contributed by atoms with Gasteiger partial charge in [-0.1, -0.05) is 0 Å². The maximum Gasteiger partial charge on any atom is 0.225 e. The Morgan fingerprint density at radius 2 is 1.88 bits per heavy atom. The number of anilines is 1. The number of morpholine rings is 1. The van der Waals surface area contributed by atoms with Crippen molar-refractivity contribution in [1.82, 2.24) is 14.8 Å². The maximum atomic E-state index is 5.73. The second kappa shape index (κ2) is 4.94. The van der Waals surface area contributed by atoms with Crippen LogP contribution in [0.4, 0.5) is 5.95 Å². The second-order valence-corrected chi connectivity index (χ2v) is 5.59. The van der Waals surface area contributed by atoms with Gasteiger partial charge in [-0.3, -0.25) is 0 Å². The smallest absolute Gasteiger partial charge is 0.225 e. The average Bonchev–Trinajstić information content (AvgIpc) is 2.59. The summed E-state index contributed by atoms with van der Waals surface area (Å²) in [5, 5.41) is 4.38. The number of nitrogens with zero attached hydrogens (tertiary/aromatic N) is 4. The van der Waals surface area contributed by atoms with Crippen LogP contribution in [0.3, 0.4) is 0 Å². The van der Waals surface area contributed by atoms with Crippen LogP contribution in [0.25, 0.3) is 0 Å². The topological polar surface area (TPSA) is 43.2 Å². The fourth-order valence-electron chi connectivity index (χ4n) is 2.19.